The molecule has 1 aromatic carbocycles. The summed E-state index contributed by atoms with van der Waals surface area (Å²) >= 11 is 1.63. The van der Waals surface area contributed by atoms with Gasteiger partial charge in [0.25, 0.3) is 0 Å². The van der Waals surface area contributed by atoms with Gasteiger partial charge in [0.05, 0.1) is 23.4 Å². The van der Waals surface area contributed by atoms with E-state index in [1.807, 2.05) is 23.1 Å². The van der Waals surface area contributed by atoms with Gasteiger partial charge in [0.1, 0.15) is 11.0 Å². The lowest BCUT2D eigenvalue weighted by atomic mass is 9.94. The summed E-state index contributed by atoms with van der Waals surface area (Å²) in [5.41, 5.74) is 0.965. The van der Waals surface area contributed by atoms with E-state index in [2.05, 4.69) is 12.6 Å². The van der Waals surface area contributed by atoms with E-state index in [1.165, 1.54) is 6.08 Å². The summed E-state index contributed by atoms with van der Waals surface area (Å²) in [6, 6.07) is 7.90. The molecule has 2 fully saturated rings. The van der Waals surface area contributed by atoms with Crippen molar-refractivity contribution in [2.24, 2.45) is 5.92 Å². The molecule has 0 spiro atoms. The monoisotopic (exact) mass is 385 g/mol. The summed E-state index contributed by atoms with van der Waals surface area (Å²) < 4.78 is 6.80. The second-order valence-corrected chi connectivity index (χ2v) is 8.01. The van der Waals surface area contributed by atoms with Crippen LogP contribution in [0.25, 0.3) is 10.2 Å². The van der Waals surface area contributed by atoms with Crippen molar-refractivity contribution < 1.29 is 14.3 Å². The summed E-state index contributed by atoms with van der Waals surface area (Å²) in [6.07, 6.45) is 2.73. The van der Waals surface area contributed by atoms with Crippen LogP contribution in [0, 0.1) is 5.92 Å². The zero-order valence-electron chi connectivity index (χ0n) is 15.2. The first-order valence-electron chi connectivity index (χ1n) is 9.32. The zero-order valence-corrected chi connectivity index (χ0v) is 16.0. The van der Waals surface area contributed by atoms with Gasteiger partial charge in [-0.1, -0.05) is 18.7 Å². The number of nitrogens with zero attached hydrogens (tertiary/aromatic N) is 3. The van der Waals surface area contributed by atoms with Crippen LogP contribution < -0.4 is 0 Å². The molecule has 2 aliphatic rings. The van der Waals surface area contributed by atoms with Crippen LogP contribution in [-0.2, 0) is 14.3 Å². The summed E-state index contributed by atoms with van der Waals surface area (Å²) in [6.45, 7) is 6.39. The van der Waals surface area contributed by atoms with Crippen molar-refractivity contribution in [2.75, 3.05) is 32.8 Å². The molecule has 0 saturated carbocycles. The number of fused-ring (bicyclic) bond motifs is 1. The predicted octanol–water partition coefficient (Wildman–Crippen LogP) is 2.62. The molecule has 4 rings (SSSR count). The van der Waals surface area contributed by atoms with Gasteiger partial charge >= 0.3 is 0 Å². The maximum absolute atomic E-state index is 13.2. The van der Waals surface area contributed by atoms with E-state index in [0.717, 1.165) is 15.2 Å². The third-order valence-corrected chi connectivity index (χ3v) is 6.48. The van der Waals surface area contributed by atoms with Crippen LogP contribution in [0.2, 0.25) is 0 Å². The van der Waals surface area contributed by atoms with Crippen molar-refractivity contribution in [1.29, 1.82) is 0 Å². The lowest BCUT2D eigenvalue weighted by molar-refractivity contribution is -0.147. The first-order valence-corrected chi connectivity index (χ1v) is 10.1. The Bertz CT molecular complexity index is 824. The highest BCUT2D eigenvalue weighted by Crippen LogP contribution is 2.33. The normalized spacial score (nSPS) is 21.4. The fourth-order valence-electron chi connectivity index (χ4n) is 3.82. The van der Waals surface area contributed by atoms with Gasteiger partial charge in [-0.15, -0.1) is 11.3 Å². The molecule has 6 nitrogen and oxygen atoms in total. The fraction of sp³-hybridized carbons (Fsp3) is 0.450. The van der Waals surface area contributed by atoms with Crippen LogP contribution in [0.4, 0.5) is 0 Å². The number of para-hydroxylation sites is 1. The highest BCUT2D eigenvalue weighted by Gasteiger charge is 2.36. The van der Waals surface area contributed by atoms with Crippen molar-refractivity contribution in [3.63, 3.8) is 0 Å². The molecule has 1 atom stereocenters. The van der Waals surface area contributed by atoms with Crippen LogP contribution in [-0.4, -0.2) is 59.4 Å². The number of morpholine rings is 1. The molecule has 2 saturated heterocycles. The molecule has 0 N–H and O–H groups in total. The van der Waals surface area contributed by atoms with Crippen molar-refractivity contribution >= 4 is 33.4 Å². The standard InChI is InChI=1S/C20H23N3O3S/c1-2-18(24)22-9-7-14(8-10-22)20(25)23-11-12-26-13-16(23)19-21-15-5-3-4-6-17(15)27-19/h2-6,14,16H,1,7-13H2. The molecule has 0 aliphatic carbocycles. The number of hydrogen-bond donors (Lipinski definition) is 0. The van der Waals surface area contributed by atoms with Crippen LogP contribution >= 0.6 is 11.3 Å². The topological polar surface area (TPSA) is 62.7 Å². The minimum atomic E-state index is -0.128. The number of hydrogen-bond acceptors (Lipinski definition) is 5. The Balaban J connectivity index is 1.50. The van der Waals surface area contributed by atoms with Gasteiger partial charge in [0.15, 0.2) is 0 Å². The SMILES string of the molecule is C=CC(=O)N1CCC(C(=O)N2CCOCC2c2nc3ccccc3s2)CC1. The Morgan fingerprint density at radius 3 is 2.74 bits per heavy atom. The van der Waals surface area contributed by atoms with Crippen LogP contribution in [0.15, 0.2) is 36.9 Å². The molecule has 2 aliphatic heterocycles. The van der Waals surface area contributed by atoms with Gasteiger partial charge in [-0.05, 0) is 31.1 Å². The number of thiazole rings is 1. The molecule has 2 aromatic rings. The Morgan fingerprint density at radius 1 is 1.22 bits per heavy atom. The van der Waals surface area contributed by atoms with Crippen LogP contribution in [0.5, 0.6) is 0 Å². The Labute approximate surface area is 162 Å². The van der Waals surface area contributed by atoms with Crippen molar-refractivity contribution in [2.45, 2.75) is 18.9 Å². The predicted molar refractivity (Wildman–Crippen MR) is 104 cm³/mol. The number of rotatable bonds is 3. The van der Waals surface area contributed by atoms with E-state index >= 15 is 0 Å². The summed E-state index contributed by atoms with van der Waals surface area (Å²) in [4.78, 5) is 33.4. The fourth-order valence-corrected chi connectivity index (χ4v) is 4.88. The van der Waals surface area contributed by atoms with Crippen molar-refractivity contribution in [3.05, 3.63) is 41.9 Å². The average molecular weight is 385 g/mol. The number of likely N-dealkylation sites (tertiary alicyclic amines) is 1. The third kappa shape index (κ3) is 3.61. The molecule has 2 amide bonds. The van der Waals surface area contributed by atoms with E-state index in [0.29, 0.717) is 45.7 Å². The lowest BCUT2D eigenvalue weighted by Crippen LogP contribution is -2.48. The molecule has 1 unspecified atom stereocenters. The number of amides is 2. The molecule has 27 heavy (non-hydrogen) atoms. The van der Waals surface area contributed by atoms with E-state index in [-0.39, 0.29) is 23.8 Å². The first kappa shape index (κ1) is 18.1. The maximum Gasteiger partial charge on any atom is 0.245 e. The molecule has 0 radical (unpaired) electrons. The van der Waals surface area contributed by atoms with E-state index in [9.17, 15) is 9.59 Å². The van der Waals surface area contributed by atoms with Gasteiger partial charge in [-0.3, -0.25) is 9.59 Å². The van der Waals surface area contributed by atoms with E-state index in [1.54, 1.807) is 16.2 Å². The number of carbonyl (C=O) groups excluding carboxylic acids is 2. The van der Waals surface area contributed by atoms with Gasteiger partial charge in [0, 0.05) is 25.6 Å². The average Bonchev–Trinajstić information content (AvgIpc) is 3.17. The molecule has 3 heterocycles. The lowest BCUT2D eigenvalue weighted by Gasteiger charge is -2.39. The minimum absolute atomic E-state index is 0.0474. The van der Waals surface area contributed by atoms with Crippen LogP contribution in [0.1, 0.15) is 23.9 Å². The van der Waals surface area contributed by atoms with Crippen LogP contribution in [0.3, 0.4) is 0 Å². The maximum atomic E-state index is 13.2. The Morgan fingerprint density at radius 2 is 2.00 bits per heavy atom. The number of carbonyl (C=O) groups is 2. The number of ether oxygens (including phenoxy) is 1. The second-order valence-electron chi connectivity index (χ2n) is 6.95. The highest BCUT2D eigenvalue weighted by molar-refractivity contribution is 7.18. The van der Waals surface area contributed by atoms with Crippen molar-refractivity contribution in [1.82, 2.24) is 14.8 Å². The summed E-state index contributed by atoms with van der Waals surface area (Å²) in [5, 5.41) is 0.934. The highest BCUT2D eigenvalue weighted by atomic mass is 32.1. The first-order chi connectivity index (χ1) is 13.2. The molecular formula is C20H23N3O3S. The second kappa shape index (κ2) is 7.78. The molecule has 1 aromatic heterocycles. The van der Waals surface area contributed by atoms with Gasteiger partial charge in [-0.2, -0.15) is 0 Å². The Kier molecular flexibility index (Phi) is 5.22. The third-order valence-electron chi connectivity index (χ3n) is 5.34. The minimum Gasteiger partial charge on any atom is -0.377 e. The number of benzene rings is 1. The molecular weight excluding hydrogens is 362 g/mol. The molecule has 142 valence electrons. The zero-order chi connectivity index (χ0) is 18.8. The largest absolute Gasteiger partial charge is 0.377 e. The summed E-state index contributed by atoms with van der Waals surface area (Å²) in [5.74, 6) is 0.0572. The van der Waals surface area contributed by atoms with Gasteiger partial charge in [-0.25, -0.2) is 4.98 Å². The smallest absolute Gasteiger partial charge is 0.245 e. The number of aromatic nitrogens is 1. The molecule has 0 bridgehead atoms. The van der Waals surface area contributed by atoms with Gasteiger partial charge in [0.2, 0.25) is 11.8 Å². The Hall–Kier alpha value is -2.25. The van der Waals surface area contributed by atoms with E-state index < -0.39 is 0 Å². The molecule has 7 heteroatoms. The van der Waals surface area contributed by atoms with E-state index in [4.69, 9.17) is 9.72 Å². The number of piperidine rings is 1. The quantitative estimate of drug-likeness (QED) is 0.762. The van der Waals surface area contributed by atoms with Crippen molar-refractivity contribution in [3.8, 4) is 0 Å². The van der Waals surface area contributed by atoms with Gasteiger partial charge < -0.3 is 14.5 Å². The summed E-state index contributed by atoms with van der Waals surface area (Å²) in [7, 11) is 0.